The van der Waals surface area contributed by atoms with Gasteiger partial charge in [0.25, 0.3) is 5.56 Å². The van der Waals surface area contributed by atoms with Crippen LogP contribution < -0.4 is 11.3 Å². The zero-order valence-corrected chi connectivity index (χ0v) is 14.2. The van der Waals surface area contributed by atoms with Gasteiger partial charge in [-0.15, -0.1) is 0 Å². The van der Waals surface area contributed by atoms with Crippen molar-refractivity contribution in [1.29, 1.82) is 0 Å². The van der Waals surface area contributed by atoms with Crippen molar-refractivity contribution in [2.75, 3.05) is 12.3 Å². The molecule has 0 spiro atoms. The Balaban J connectivity index is 1.92. The molecule has 0 radical (unpaired) electrons. The van der Waals surface area contributed by atoms with Crippen molar-refractivity contribution >= 4 is 17.1 Å². The number of benzene rings is 1. The van der Waals surface area contributed by atoms with Gasteiger partial charge in [-0.2, -0.15) is 4.98 Å². The molecule has 4 rings (SSSR count). The standard InChI is InChI=1S/C17H19N5O5/c18-17-20-15-13(16(26)21-17)19-14(9-3-1-8(6-23)2-4-9)22(15)12-5-10(25)11(7-24)27-12/h1-4,10-12,23-25H,5-7H2,(H3,18,20,21,26). The quantitative estimate of drug-likeness (QED) is 0.409. The zero-order chi connectivity index (χ0) is 19.1. The molecule has 142 valence electrons. The highest BCUT2D eigenvalue weighted by Crippen LogP contribution is 2.35. The largest absolute Gasteiger partial charge is 0.394 e. The Morgan fingerprint density at radius 2 is 2.00 bits per heavy atom. The summed E-state index contributed by atoms with van der Waals surface area (Å²) in [5, 5.41) is 28.7. The summed E-state index contributed by atoms with van der Waals surface area (Å²) in [6, 6.07) is 7.00. The topological polar surface area (TPSA) is 160 Å². The predicted octanol–water partition coefficient (Wildman–Crippen LogP) is -0.498. The number of fused-ring (bicyclic) bond motifs is 1. The number of anilines is 1. The first-order valence-corrected chi connectivity index (χ1v) is 8.44. The second-order valence-electron chi connectivity index (χ2n) is 6.40. The lowest BCUT2D eigenvalue weighted by Crippen LogP contribution is -2.24. The molecule has 10 nitrogen and oxygen atoms in total. The molecule has 0 aliphatic carbocycles. The van der Waals surface area contributed by atoms with E-state index in [2.05, 4.69) is 15.0 Å². The minimum Gasteiger partial charge on any atom is -0.394 e. The number of hydrogen-bond acceptors (Lipinski definition) is 8. The van der Waals surface area contributed by atoms with Crippen LogP contribution in [0, 0.1) is 0 Å². The van der Waals surface area contributed by atoms with Crippen molar-refractivity contribution in [1.82, 2.24) is 19.5 Å². The summed E-state index contributed by atoms with van der Waals surface area (Å²) in [5.41, 5.74) is 6.94. The Morgan fingerprint density at radius 1 is 1.26 bits per heavy atom. The molecule has 1 aliphatic heterocycles. The molecule has 6 N–H and O–H groups in total. The molecule has 3 atom stereocenters. The van der Waals surface area contributed by atoms with Crippen LogP contribution >= 0.6 is 0 Å². The smallest absolute Gasteiger partial charge is 0.280 e. The molecule has 2 aromatic heterocycles. The first-order valence-electron chi connectivity index (χ1n) is 8.44. The van der Waals surface area contributed by atoms with Crippen molar-refractivity contribution in [3.8, 4) is 11.4 Å². The van der Waals surface area contributed by atoms with Crippen LogP contribution in [0.1, 0.15) is 18.2 Å². The number of H-pyrrole nitrogens is 1. The molecule has 1 aliphatic rings. The highest BCUT2D eigenvalue weighted by Gasteiger charge is 2.37. The molecular formula is C17H19N5O5. The van der Waals surface area contributed by atoms with Crippen LogP contribution in [0.2, 0.25) is 0 Å². The predicted molar refractivity (Wildman–Crippen MR) is 95.5 cm³/mol. The molecule has 0 saturated carbocycles. The lowest BCUT2D eigenvalue weighted by Gasteiger charge is -2.17. The molecule has 10 heteroatoms. The van der Waals surface area contributed by atoms with E-state index in [1.807, 2.05) is 0 Å². The van der Waals surface area contributed by atoms with Gasteiger partial charge in [-0.25, -0.2) is 4.98 Å². The Hall–Kier alpha value is -2.79. The maximum atomic E-state index is 12.3. The van der Waals surface area contributed by atoms with Gasteiger partial charge in [0.05, 0.1) is 19.3 Å². The first-order chi connectivity index (χ1) is 13.0. The highest BCUT2D eigenvalue weighted by atomic mass is 16.5. The van der Waals surface area contributed by atoms with Crippen molar-refractivity contribution in [2.24, 2.45) is 0 Å². The van der Waals surface area contributed by atoms with Crippen LogP contribution in [0.3, 0.4) is 0 Å². The third-order valence-electron chi connectivity index (χ3n) is 4.64. The molecule has 3 heterocycles. The Morgan fingerprint density at radius 3 is 2.63 bits per heavy atom. The van der Waals surface area contributed by atoms with Gasteiger partial charge in [0, 0.05) is 12.0 Å². The fraction of sp³-hybridized carbons (Fsp3) is 0.353. The molecule has 1 fully saturated rings. The van der Waals surface area contributed by atoms with E-state index in [1.165, 1.54) is 0 Å². The van der Waals surface area contributed by atoms with Crippen LogP contribution in [0.25, 0.3) is 22.6 Å². The van der Waals surface area contributed by atoms with Crippen molar-refractivity contribution in [2.45, 2.75) is 31.5 Å². The summed E-state index contributed by atoms with van der Waals surface area (Å²) < 4.78 is 7.36. The summed E-state index contributed by atoms with van der Waals surface area (Å²) in [4.78, 5) is 23.3. The number of aromatic amines is 1. The summed E-state index contributed by atoms with van der Waals surface area (Å²) in [6.45, 7) is -0.425. The van der Waals surface area contributed by atoms with Gasteiger partial charge in [0.15, 0.2) is 11.2 Å². The number of aromatic nitrogens is 4. The van der Waals surface area contributed by atoms with Gasteiger partial charge in [-0.05, 0) is 5.56 Å². The van der Waals surface area contributed by atoms with Gasteiger partial charge in [-0.1, -0.05) is 24.3 Å². The molecule has 3 aromatic rings. The van der Waals surface area contributed by atoms with Crippen LogP contribution in [0.4, 0.5) is 5.95 Å². The van der Waals surface area contributed by atoms with E-state index in [0.717, 1.165) is 5.56 Å². The first kappa shape index (κ1) is 17.6. The van der Waals surface area contributed by atoms with Crippen LogP contribution in [-0.2, 0) is 11.3 Å². The van der Waals surface area contributed by atoms with E-state index in [9.17, 15) is 20.1 Å². The second-order valence-corrected chi connectivity index (χ2v) is 6.40. The summed E-state index contributed by atoms with van der Waals surface area (Å²) in [6.07, 6.45) is -2.08. The average Bonchev–Trinajstić information content (AvgIpc) is 3.22. The molecular weight excluding hydrogens is 354 g/mol. The minimum atomic E-state index is -0.860. The number of aliphatic hydroxyl groups is 3. The fourth-order valence-corrected chi connectivity index (χ4v) is 3.27. The molecule has 3 unspecified atom stereocenters. The third-order valence-corrected chi connectivity index (χ3v) is 4.64. The third kappa shape index (κ3) is 2.98. The van der Waals surface area contributed by atoms with E-state index >= 15 is 0 Å². The van der Waals surface area contributed by atoms with E-state index in [-0.39, 0.29) is 36.7 Å². The number of nitrogens with two attached hydrogens (primary N) is 1. The van der Waals surface area contributed by atoms with Crippen molar-refractivity contribution in [3.63, 3.8) is 0 Å². The normalized spacial score (nSPS) is 22.6. The number of aliphatic hydroxyl groups excluding tert-OH is 3. The maximum absolute atomic E-state index is 12.3. The van der Waals surface area contributed by atoms with Gasteiger partial charge < -0.3 is 25.8 Å². The second kappa shape index (κ2) is 6.74. The Bertz CT molecular complexity index is 1030. The fourth-order valence-electron chi connectivity index (χ4n) is 3.27. The van der Waals surface area contributed by atoms with Gasteiger partial charge in [0.2, 0.25) is 5.95 Å². The summed E-state index contributed by atoms with van der Waals surface area (Å²) >= 11 is 0. The van der Waals surface area contributed by atoms with Gasteiger partial charge in [-0.3, -0.25) is 14.3 Å². The summed E-state index contributed by atoms with van der Waals surface area (Å²) in [7, 11) is 0. The van der Waals surface area contributed by atoms with Crippen LogP contribution in [0.5, 0.6) is 0 Å². The lowest BCUT2D eigenvalue weighted by atomic mass is 10.1. The highest BCUT2D eigenvalue weighted by molar-refractivity contribution is 5.77. The Labute approximate surface area is 152 Å². The summed E-state index contributed by atoms with van der Waals surface area (Å²) in [5.74, 6) is 0.349. The van der Waals surface area contributed by atoms with Gasteiger partial charge >= 0.3 is 0 Å². The van der Waals surface area contributed by atoms with E-state index in [1.54, 1.807) is 28.8 Å². The van der Waals surface area contributed by atoms with E-state index in [4.69, 9.17) is 10.5 Å². The SMILES string of the molecule is Nc1nc2c(nc(-c3ccc(CO)cc3)n2C2CC(O)C(CO)O2)c(=O)[nH]1. The number of rotatable bonds is 4. The van der Waals surface area contributed by atoms with E-state index in [0.29, 0.717) is 11.4 Å². The number of ether oxygens (including phenoxy) is 1. The monoisotopic (exact) mass is 373 g/mol. The number of nitrogen functional groups attached to an aromatic ring is 1. The molecule has 1 saturated heterocycles. The molecule has 0 bridgehead atoms. The van der Waals surface area contributed by atoms with E-state index < -0.39 is 24.0 Å². The lowest BCUT2D eigenvalue weighted by molar-refractivity contribution is -0.0426. The van der Waals surface area contributed by atoms with Crippen LogP contribution in [-0.4, -0.2) is 53.7 Å². The number of imidazole rings is 1. The van der Waals surface area contributed by atoms with Crippen molar-refractivity contribution < 1.29 is 20.1 Å². The number of hydrogen-bond donors (Lipinski definition) is 5. The average molecular weight is 373 g/mol. The minimum absolute atomic E-state index is 0.0620. The maximum Gasteiger partial charge on any atom is 0.280 e. The molecule has 1 aromatic carbocycles. The molecule has 0 amide bonds. The Kier molecular flexibility index (Phi) is 4.40. The zero-order valence-electron chi connectivity index (χ0n) is 14.2. The number of nitrogens with zero attached hydrogens (tertiary/aromatic N) is 3. The van der Waals surface area contributed by atoms with Crippen molar-refractivity contribution in [3.05, 3.63) is 40.2 Å². The number of nitrogens with one attached hydrogen (secondary N) is 1. The van der Waals surface area contributed by atoms with Gasteiger partial charge in [0.1, 0.15) is 18.2 Å². The molecule has 27 heavy (non-hydrogen) atoms. The van der Waals surface area contributed by atoms with Crippen LogP contribution in [0.15, 0.2) is 29.1 Å².